The van der Waals surface area contributed by atoms with Gasteiger partial charge < -0.3 is 19.5 Å². The fourth-order valence-corrected chi connectivity index (χ4v) is 4.00. The first-order valence-corrected chi connectivity index (χ1v) is 10.0. The Hall–Kier alpha value is -2.28. The van der Waals surface area contributed by atoms with Crippen molar-refractivity contribution in [1.82, 2.24) is 10.3 Å². The second-order valence-corrected chi connectivity index (χ2v) is 7.75. The SMILES string of the molecule is COc1cccc(OC2CCC(NC(=O)Cc3csc(C)n3)CC2)c1OC. The number of methoxy groups -OCH3 is 2. The van der Waals surface area contributed by atoms with Gasteiger partial charge in [0.05, 0.1) is 37.4 Å². The lowest BCUT2D eigenvalue weighted by Crippen LogP contribution is -2.40. The number of ether oxygens (including phenoxy) is 3. The Balaban J connectivity index is 1.48. The first-order chi connectivity index (χ1) is 13.1. The molecular weight excluding hydrogens is 364 g/mol. The van der Waals surface area contributed by atoms with Crippen LogP contribution in [0.2, 0.25) is 0 Å². The van der Waals surface area contributed by atoms with Crippen molar-refractivity contribution in [2.45, 2.75) is 51.2 Å². The van der Waals surface area contributed by atoms with E-state index >= 15 is 0 Å². The van der Waals surface area contributed by atoms with E-state index in [0.717, 1.165) is 36.4 Å². The zero-order valence-corrected chi connectivity index (χ0v) is 16.8. The van der Waals surface area contributed by atoms with E-state index in [1.54, 1.807) is 25.6 Å². The molecule has 27 heavy (non-hydrogen) atoms. The zero-order chi connectivity index (χ0) is 19.2. The first-order valence-electron chi connectivity index (χ1n) is 9.17. The van der Waals surface area contributed by atoms with E-state index in [2.05, 4.69) is 10.3 Å². The Morgan fingerprint density at radius 1 is 1.19 bits per heavy atom. The van der Waals surface area contributed by atoms with Crippen LogP contribution in [0.3, 0.4) is 0 Å². The molecule has 1 amide bonds. The first kappa shape index (κ1) is 19.5. The molecule has 0 spiro atoms. The molecule has 2 aromatic rings. The molecule has 0 atom stereocenters. The molecule has 1 fully saturated rings. The molecule has 0 unspecified atom stereocenters. The number of benzene rings is 1. The molecule has 1 heterocycles. The molecule has 0 aliphatic heterocycles. The van der Waals surface area contributed by atoms with Crippen LogP contribution in [0.15, 0.2) is 23.6 Å². The van der Waals surface area contributed by atoms with Crippen molar-refractivity contribution >= 4 is 17.2 Å². The van der Waals surface area contributed by atoms with Gasteiger partial charge in [0.15, 0.2) is 11.5 Å². The van der Waals surface area contributed by atoms with Crippen LogP contribution in [-0.4, -0.2) is 37.3 Å². The summed E-state index contributed by atoms with van der Waals surface area (Å²) in [5.74, 6) is 2.02. The standard InChI is InChI=1S/C20H26N2O4S/c1-13-21-15(12-27-13)11-19(23)22-14-7-9-16(10-8-14)26-18-6-4-5-17(24-2)20(18)25-3/h4-6,12,14,16H,7-11H2,1-3H3,(H,22,23). The monoisotopic (exact) mass is 390 g/mol. The second-order valence-electron chi connectivity index (χ2n) is 6.69. The molecule has 0 bridgehead atoms. The lowest BCUT2D eigenvalue weighted by Gasteiger charge is -2.30. The number of nitrogens with one attached hydrogen (secondary N) is 1. The van der Waals surface area contributed by atoms with E-state index in [0.29, 0.717) is 23.7 Å². The van der Waals surface area contributed by atoms with Gasteiger partial charge in [-0.05, 0) is 44.7 Å². The Bertz CT molecular complexity index is 769. The number of carbonyl (C=O) groups is 1. The van der Waals surface area contributed by atoms with E-state index < -0.39 is 0 Å². The van der Waals surface area contributed by atoms with Gasteiger partial charge in [-0.1, -0.05) is 6.07 Å². The normalized spacial score (nSPS) is 19.4. The number of amides is 1. The molecule has 1 aliphatic rings. The van der Waals surface area contributed by atoms with Crippen LogP contribution in [-0.2, 0) is 11.2 Å². The summed E-state index contributed by atoms with van der Waals surface area (Å²) >= 11 is 1.57. The minimum atomic E-state index is 0.0409. The van der Waals surface area contributed by atoms with Gasteiger partial charge in [0.1, 0.15) is 0 Å². The Morgan fingerprint density at radius 3 is 2.56 bits per heavy atom. The molecule has 1 aromatic carbocycles. The molecular formula is C20H26N2O4S. The Morgan fingerprint density at radius 2 is 1.93 bits per heavy atom. The lowest BCUT2D eigenvalue weighted by molar-refractivity contribution is -0.121. The molecule has 7 heteroatoms. The van der Waals surface area contributed by atoms with Crippen LogP contribution in [0.4, 0.5) is 0 Å². The average Bonchev–Trinajstić information content (AvgIpc) is 3.07. The van der Waals surface area contributed by atoms with Crippen LogP contribution in [0.5, 0.6) is 17.2 Å². The third-order valence-electron chi connectivity index (χ3n) is 4.71. The van der Waals surface area contributed by atoms with Gasteiger partial charge in [-0.25, -0.2) is 4.98 Å². The number of aromatic nitrogens is 1. The molecule has 0 radical (unpaired) electrons. The predicted molar refractivity (Wildman–Crippen MR) is 105 cm³/mol. The number of carbonyl (C=O) groups excluding carboxylic acids is 1. The van der Waals surface area contributed by atoms with E-state index in [4.69, 9.17) is 14.2 Å². The third kappa shape index (κ3) is 5.13. The molecule has 1 aliphatic carbocycles. The number of aryl methyl sites for hydroxylation is 1. The van der Waals surface area contributed by atoms with E-state index in [-0.39, 0.29) is 18.1 Å². The highest BCUT2D eigenvalue weighted by atomic mass is 32.1. The highest BCUT2D eigenvalue weighted by Gasteiger charge is 2.25. The third-order valence-corrected chi connectivity index (χ3v) is 5.53. The molecule has 3 rings (SSSR count). The number of thiazole rings is 1. The van der Waals surface area contributed by atoms with Crippen LogP contribution in [0.25, 0.3) is 0 Å². The van der Waals surface area contributed by atoms with Gasteiger partial charge in [-0.3, -0.25) is 4.79 Å². The number of hydrogen-bond acceptors (Lipinski definition) is 6. The van der Waals surface area contributed by atoms with Crippen LogP contribution in [0, 0.1) is 6.92 Å². The van der Waals surface area contributed by atoms with Crippen molar-refractivity contribution in [3.63, 3.8) is 0 Å². The largest absolute Gasteiger partial charge is 0.493 e. The summed E-state index contributed by atoms with van der Waals surface area (Å²) in [6.45, 7) is 1.95. The fourth-order valence-electron chi connectivity index (χ4n) is 3.39. The fraction of sp³-hybridized carbons (Fsp3) is 0.500. The molecule has 146 valence electrons. The highest BCUT2D eigenvalue weighted by Crippen LogP contribution is 2.38. The van der Waals surface area contributed by atoms with Gasteiger partial charge in [-0.15, -0.1) is 11.3 Å². The molecule has 1 N–H and O–H groups in total. The van der Waals surface area contributed by atoms with Gasteiger partial charge in [0, 0.05) is 11.4 Å². The smallest absolute Gasteiger partial charge is 0.226 e. The second kappa shape index (κ2) is 9.08. The Labute approximate surface area is 163 Å². The number of para-hydroxylation sites is 1. The van der Waals surface area contributed by atoms with Crippen LogP contribution < -0.4 is 19.5 Å². The van der Waals surface area contributed by atoms with Crippen LogP contribution in [0.1, 0.15) is 36.4 Å². The molecule has 1 saturated carbocycles. The van der Waals surface area contributed by atoms with Gasteiger partial charge >= 0.3 is 0 Å². The average molecular weight is 391 g/mol. The summed E-state index contributed by atoms with van der Waals surface area (Å²) < 4.78 is 16.9. The maximum absolute atomic E-state index is 12.2. The maximum Gasteiger partial charge on any atom is 0.226 e. The lowest BCUT2D eigenvalue weighted by atomic mass is 9.92. The number of hydrogen-bond donors (Lipinski definition) is 1. The summed E-state index contributed by atoms with van der Waals surface area (Å²) in [6, 6.07) is 5.83. The summed E-state index contributed by atoms with van der Waals surface area (Å²) in [5, 5.41) is 6.06. The summed E-state index contributed by atoms with van der Waals surface area (Å²) in [6.07, 6.45) is 4.04. The van der Waals surface area contributed by atoms with Crippen LogP contribution >= 0.6 is 11.3 Å². The summed E-state index contributed by atoms with van der Waals surface area (Å²) in [7, 11) is 3.23. The maximum atomic E-state index is 12.2. The zero-order valence-electron chi connectivity index (χ0n) is 16.0. The van der Waals surface area contributed by atoms with Gasteiger partial charge in [-0.2, -0.15) is 0 Å². The van der Waals surface area contributed by atoms with Crippen molar-refractivity contribution in [3.05, 3.63) is 34.3 Å². The quantitative estimate of drug-likeness (QED) is 0.783. The summed E-state index contributed by atoms with van der Waals surface area (Å²) in [4.78, 5) is 16.6. The molecule has 0 saturated heterocycles. The van der Waals surface area contributed by atoms with E-state index in [9.17, 15) is 4.79 Å². The highest BCUT2D eigenvalue weighted by molar-refractivity contribution is 7.09. The minimum Gasteiger partial charge on any atom is -0.493 e. The topological polar surface area (TPSA) is 69.7 Å². The van der Waals surface area contributed by atoms with E-state index in [1.165, 1.54) is 0 Å². The van der Waals surface area contributed by atoms with Crippen molar-refractivity contribution in [2.24, 2.45) is 0 Å². The van der Waals surface area contributed by atoms with Crippen molar-refractivity contribution < 1.29 is 19.0 Å². The van der Waals surface area contributed by atoms with Crippen molar-refractivity contribution in [3.8, 4) is 17.2 Å². The minimum absolute atomic E-state index is 0.0409. The Kier molecular flexibility index (Phi) is 6.55. The van der Waals surface area contributed by atoms with Crippen molar-refractivity contribution in [1.29, 1.82) is 0 Å². The molecule has 1 aromatic heterocycles. The summed E-state index contributed by atoms with van der Waals surface area (Å²) in [5.41, 5.74) is 0.845. The molecule has 6 nitrogen and oxygen atoms in total. The predicted octanol–water partition coefficient (Wildman–Crippen LogP) is 3.52. The van der Waals surface area contributed by atoms with Gasteiger partial charge in [0.25, 0.3) is 0 Å². The number of rotatable bonds is 7. The van der Waals surface area contributed by atoms with Gasteiger partial charge in [0.2, 0.25) is 11.7 Å². The van der Waals surface area contributed by atoms with E-state index in [1.807, 2.05) is 30.5 Å². The number of nitrogens with zero attached hydrogens (tertiary/aromatic N) is 1. The van der Waals surface area contributed by atoms with Crippen molar-refractivity contribution in [2.75, 3.05) is 14.2 Å².